The van der Waals surface area contributed by atoms with Crippen molar-refractivity contribution in [3.8, 4) is 0 Å². The molecule has 0 radical (unpaired) electrons. The van der Waals surface area contributed by atoms with Crippen LogP contribution in [0.5, 0.6) is 0 Å². The zero-order valence-corrected chi connectivity index (χ0v) is 12.1. The van der Waals surface area contributed by atoms with E-state index in [4.69, 9.17) is 16.7 Å². The molecule has 0 saturated heterocycles. The Balaban J connectivity index is 3.02. The van der Waals surface area contributed by atoms with Gasteiger partial charge in [-0.05, 0) is 12.5 Å². The van der Waals surface area contributed by atoms with E-state index >= 15 is 0 Å². The lowest BCUT2D eigenvalue weighted by atomic mass is 10.1. The number of carboxylic acid groups (broad SMARTS) is 1. The van der Waals surface area contributed by atoms with Gasteiger partial charge in [-0.1, -0.05) is 31.0 Å². The van der Waals surface area contributed by atoms with Gasteiger partial charge >= 0.3 is 5.97 Å². The van der Waals surface area contributed by atoms with E-state index in [1.54, 1.807) is 0 Å². The Bertz CT molecular complexity index is 561. The van der Waals surface area contributed by atoms with E-state index in [2.05, 4.69) is 5.32 Å². The summed E-state index contributed by atoms with van der Waals surface area (Å²) in [7, 11) is 0. The van der Waals surface area contributed by atoms with Crippen LogP contribution in [0, 0.1) is 10.1 Å². The third kappa shape index (κ3) is 4.71. The van der Waals surface area contributed by atoms with Crippen molar-refractivity contribution in [1.82, 2.24) is 5.32 Å². The third-order valence-corrected chi connectivity index (χ3v) is 3.12. The molecule has 1 amide bonds. The molecular weight excluding hydrogens is 300 g/mol. The molecule has 114 valence electrons. The Hall–Kier alpha value is -2.15. The van der Waals surface area contributed by atoms with Crippen molar-refractivity contribution in [1.29, 1.82) is 0 Å². The number of halogens is 1. The summed E-state index contributed by atoms with van der Waals surface area (Å²) in [6, 6.07) is 3.32. The van der Waals surface area contributed by atoms with Gasteiger partial charge in [0.15, 0.2) is 0 Å². The predicted octanol–water partition coefficient (Wildman–Crippen LogP) is 2.62. The molecule has 1 atom stereocenters. The molecule has 21 heavy (non-hydrogen) atoms. The zero-order chi connectivity index (χ0) is 16.0. The van der Waals surface area contributed by atoms with Crippen LogP contribution in [-0.2, 0) is 4.79 Å². The Morgan fingerprint density at radius 1 is 1.48 bits per heavy atom. The molecule has 0 aromatic heterocycles. The molecule has 0 heterocycles. The molecule has 1 unspecified atom stereocenters. The second-order valence-corrected chi connectivity index (χ2v) is 4.86. The van der Waals surface area contributed by atoms with Gasteiger partial charge in [0.25, 0.3) is 11.6 Å². The van der Waals surface area contributed by atoms with Crippen LogP contribution in [0.1, 0.15) is 36.5 Å². The summed E-state index contributed by atoms with van der Waals surface area (Å²) in [5.41, 5.74) is -0.666. The van der Waals surface area contributed by atoms with E-state index < -0.39 is 28.5 Å². The van der Waals surface area contributed by atoms with Gasteiger partial charge in [0.05, 0.1) is 16.4 Å². The first-order chi connectivity index (χ1) is 9.86. The number of rotatable bonds is 7. The highest BCUT2D eigenvalue weighted by atomic mass is 35.5. The average Bonchev–Trinajstić information content (AvgIpc) is 2.37. The molecule has 0 aliphatic carbocycles. The maximum Gasteiger partial charge on any atom is 0.305 e. The van der Waals surface area contributed by atoms with E-state index in [-0.39, 0.29) is 17.0 Å². The van der Waals surface area contributed by atoms with Crippen molar-refractivity contribution in [3.05, 3.63) is 38.9 Å². The summed E-state index contributed by atoms with van der Waals surface area (Å²) in [4.78, 5) is 33.2. The molecule has 1 rings (SSSR count). The highest BCUT2D eigenvalue weighted by Crippen LogP contribution is 2.26. The average molecular weight is 315 g/mol. The monoisotopic (exact) mass is 314 g/mol. The Morgan fingerprint density at radius 2 is 2.14 bits per heavy atom. The molecule has 7 nitrogen and oxygen atoms in total. The summed E-state index contributed by atoms with van der Waals surface area (Å²) in [6.07, 6.45) is 0.872. The molecule has 8 heteroatoms. The SMILES string of the molecule is CCCC(CC(=O)O)NC(=O)c1c(Cl)cccc1[N+](=O)[O-]. The third-order valence-electron chi connectivity index (χ3n) is 2.81. The molecule has 0 fully saturated rings. The summed E-state index contributed by atoms with van der Waals surface area (Å²) in [5.74, 6) is -1.80. The first kappa shape index (κ1) is 16.9. The molecule has 1 aromatic carbocycles. The van der Waals surface area contributed by atoms with Crippen LogP contribution in [0.3, 0.4) is 0 Å². The molecule has 1 aromatic rings. The van der Waals surface area contributed by atoms with Gasteiger partial charge < -0.3 is 10.4 Å². The Morgan fingerprint density at radius 3 is 2.67 bits per heavy atom. The van der Waals surface area contributed by atoms with Crippen LogP contribution < -0.4 is 5.32 Å². The van der Waals surface area contributed by atoms with Crippen LogP contribution in [0.4, 0.5) is 5.69 Å². The van der Waals surface area contributed by atoms with E-state index in [0.717, 1.165) is 0 Å². The summed E-state index contributed by atoms with van der Waals surface area (Å²) in [6.45, 7) is 1.85. The number of hydrogen-bond acceptors (Lipinski definition) is 4. The topological polar surface area (TPSA) is 110 Å². The normalized spacial score (nSPS) is 11.7. The number of benzene rings is 1. The lowest BCUT2D eigenvalue weighted by molar-refractivity contribution is -0.385. The fraction of sp³-hybridized carbons (Fsp3) is 0.385. The number of carbonyl (C=O) groups excluding carboxylic acids is 1. The highest BCUT2D eigenvalue weighted by Gasteiger charge is 2.25. The number of carbonyl (C=O) groups is 2. The molecule has 0 bridgehead atoms. The van der Waals surface area contributed by atoms with Gasteiger partial charge in [0, 0.05) is 12.1 Å². The van der Waals surface area contributed by atoms with Crippen LogP contribution in [-0.4, -0.2) is 27.9 Å². The highest BCUT2D eigenvalue weighted by molar-refractivity contribution is 6.34. The minimum Gasteiger partial charge on any atom is -0.481 e. The van der Waals surface area contributed by atoms with Crippen LogP contribution in [0.25, 0.3) is 0 Å². The van der Waals surface area contributed by atoms with Crippen molar-refractivity contribution in [2.24, 2.45) is 0 Å². The Kier molecular flexibility index (Phi) is 6.10. The van der Waals surface area contributed by atoms with Gasteiger partial charge in [-0.2, -0.15) is 0 Å². The summed E-state index contributed by atoms with van der Waals surface area (Å²) >= 11 is 5.85. The number of aliphatic carboxylic acids is 1. The molecule has 0 aliphatic heterocycles. The molecular formula is C13H15ClN2O5. The predicted molar refractivity (Wildman–Crippen MR) is 76.5 cm³/mol. The first-order valence-electron chi connectivity index (χ1n) is 6.32. The van der Waals surface area contributed by atoms with Gasteiger partial charge in [0.2, 0.25) is 0 Å². The van der Waals surface area contributed by atoms with Crippen LogP contribution in [0.2, 0.25) is 5.02 Å². The minimum atomic E-state index is -1.05. The largest absolute Gasteiger partial charge is 0.481 e. The van der Waals surface area contributed by atoms with E-state index in [9.17, 15) is 19.7 Å². The van der Waals surface area contributed by atoms with Crippen molar-refractivity contribution < 1.29 is 19.6 Å². The van der Waals surface area contributed by atoms with Gasteiger partial charge in [0.1, 0.15) is 5.56 Å². The molecule has 0 aliphatic rings. The van der Waals surface area contributed by atoms with Crippen LogP contribution >= 0.6 is 11.6 Å². The number of nitro benzene ring substituents is 1. The number of amides is 1. The molecule has 0 saturated carbocycles. The Labute approximate surface area is 126 Å². The van der Waals surface area contributed by atoms with E-state index in [1.165, 1.54) is 18.2 Å². The zero-order valence-electron chi connectivity index (χ0n) is 11.3. The summed E-state index contributed by atoms with van der Waals surface area (Å²) in [5, 5.41) is 22.2. The van der Waals surface area contributed by atoms with Crippen molar-refractivity contribution in [2.75, 3.05) is 0 Å². The van der Waals surface area contributed by atoms with E-state index in [1.807, 2.05) is 6.92 Å². The number of nitrogens with one attached hydrogen (secondary N) is 1. The van der Waals surface area contributed by atoms with Gasteiger partial charge in [-0.25, -0.2) is 0 Å². The number of nitro groups is 1. The smallest absolute Gasteiger partial charge is 0.305 e. The first-order valence-corrected chi connectivity index (χ1v) is 6.70. The van der Waals surface area contributed by atoms with Gasteiger partial charge in [-0.3, -0.25) is 19.7 Å². The standard InChI is InChI=1S/C13H15ClN2O5/c1-2-4-8(7-11(17)18)15-13(19)12-9(14)5-3-6-10(12)16(20)21/h3,5-6,8H,2,4,7H2,1H3,(H,15,19)(H,17,18). The fourth-order valence-electron chi connectivity index (χ4n) is 1.93. The van der Waals surface area contributed by atoms with Crippen molar-refractivity contribution in [2.45, 2.75) is 32.2 Å². The van der Waals surface area contributed by atoms with Crippen molar-refractivity contribution in [3.63, 3.8) is 0 Å². The number of carboxylic acids is 1. The van der Waals surface area contributed by atoms with E-state index in [0.29, 0.717) is 12.8 Å². The second kappa shape index (κ2) is 7.58. The summed E-state index contributed by atoms with van der Waals surface area (Å²) < 4.78 is 0. The maximum absolute atomic E-state index is 12.2. The van der Waals surface area contributed by atoms with Crippen LogP contribution in [0.15, 0.2) is 18.2 Å². The van der Waals surface area contributed by atoms with Gasteiger partial charge in [-0.15, -0.1) is 0 Å². The fourth-order valence-corrected chi connectivity index (χ4v) is 2.19. The molecule has 2 N–H and O–H groups in total. The quantitative estimate of drug-likeness (QED) is 0.594. The number of hydrogen-bond donors (Lipinski definition) is 2. The minimum absolute atomic E-state index is 0.0488. The number of nitrogens with zero attached hydrogens (tertiary/aromatic N) is 1. The lowest BCUT2D eigenvalue weighted by Gasteiger charge is -2.16. The molecule has 0 spiro atoms. The maximum atomic E-state index is 12.2. The second-order valence-electron chi connectivity index (χ2n) is 4.45. The van der Waals surface area contributed by atoms with Crippen molar-refractivity contribution >= 4 is 29.2 Å². The lowest BCUT2D eigenvalue weighted by Crippen LogP contribution is -2.36.